The van der Waals surface area contributed by atoms with Crippen LogP contribution in [0.2, 0.25) is 0 Å². The van der Waals surface area contributed by atoms with Crippen LogP contribution >= 0.6 is 0 Å². The lowest BCUT2D eigenvalue weighted by atomic mass is 10.1. The van der Waals surface area contributed by atoms with Crippen LogP contribution in [0.5, 0.6) is 0 Å². The predicted octanol–water partition coefficient (Wildman–Crippen LogP) is 1.55. The quantitative estimate of drug-likeness (QED) is 0.851. The molecular formula is C14H19N3O2. The minimum absolute atomic E-state index is 0.372. The molecular weight excluding hydrogens is 242 g/mol. The molecule has 0 aliphatic carbocycles. The molecule has 5 nitrogen and oxygen atoms in total. The summed E-state index contributed by atoms with van der Waals surface area (Å²) < 4.78 is 7.15. The molecule has 2 N–H and O–H groups in total. The van der Waals surface area contributed by atoms with Crippen molar-refractivity contribution in [2.45, 2.75) is 38.8 Å². The Kier molecular flexibility index (Phi) is 3.57. The van der Waals surface area contributed by atoms with E-state index in [2.05, 4.69) is 4.98 Å². The van der Waals surface area contributed by atoms with Crippen molar-refractivity contribution in [1.82, 2.24) is 9.38 Å². The molecule has 0 saturated heterocycles. The number of nitrogens with zero attached hydrogens (tertiary/aromatic N) is 2. The van der Waals surface area contributed by atoms with Crippen molar-refractivity contribution in [3.05, 3.63) is 36.3 Å². The molecule has 0 spiro atoms. The zero-order valence-corrected chi connectivity index (χ0v) is 11.5. The molecule has 0 fully saturated rings. The van der Waals surface area contributed by atoms with Gasteiger partial charge in [0, 0.05) is 18.8 Å². The minimum Gasteiger partial charge on any atom is -0.459 e. The molecule has 2 heterocycles. The number of pyridine rings is 1. The Hall–Kier alpha value is -1.88. The molecule has 19 heavy (non-hydrogen) atoms. The highest BCUT2D eigenvalue weighted by Gasteiger charge is 2.23. The SMILES string of the molecule is CC(C)(C)OC(=O)C(N)Cc1cn2ccccc2n1. The van der Waals surface area contributed by atoms with Crippen molar-refractivity contribution < 1.29 is 9.53 Å². The maximum atomic E-state index is 11.8. The van der Waals surface area contributed by atoms with Gasteiger partial charge in [-0.05, 0) is 32.9 Å². The fraction of sp³-hybridized carbons (Fsp3) is 0.429. The van der Waals surface area contributed by atoms with Gasteiger partial charge < -0.3 is 14.9 Å². The van der Waals surface area contributed by atoms with E-state index >= 15 is 0 Å². The highest BCUT2D eigenvalue weighted by Crippen LogP contribution is 2.11. The molecule has 0 aromatic carbocycles. The van der Waals surface area contributed by atoms with E-state index in [1.54, 1.807) is 0 Å². The van der Waals surface area contributed by atoms with E-state index in [1.807, 2.05) is 55.8 Å². The number of nitrogens with two attached hydrogens (primary N) is 1. The Balaban J connectivity index is 2.06. The lowest BCUT2D eigenvalue weighted by Crippen LogP contribution is -2.38. The third kappa shape index (κ3) is 3.54. The Labute approximate surface area is 112 Å². The molecule has 0 radical (unpaired) electrons. The van der Waals surface area contributed by atoms with Gasteiger partial charge in [0.1, 0.15) is 17.3 Å². The lowest BCUT2D eigenvalue weighted by molar-refractivity contribution is -0.156. The minimum atomic E-state index is -0.691. The molecule has 1 atom stereocenters. The van der Waals surface area contributed by atoms with Gasteiger partial charge in [-0.2, -0.15) is 0 Å². The van der Waals surface area contributed by atoms with Gasteiger partial charge in [0.05, 0.1) is 5.69 Å². The van der Waals surface area contributed by atoms with Gasteiger partial charge in [0.2, 0.25) is 0 Å². The Bertz CT molecular complexity index is 551. The molecule has 5 heteroatoms. The molecule has 0 saturated carbocycles. The summed E-state index contributed by atoms with van der Waals surface area (Å²) in [5, 5.41) is 0. The second-order valence-corrected chi connectivity index (χ2v) is 5.54. The third-order valence-corrected chi connectivity index (χ3v) is 2.55. The first-order valence-electron chi connectivity index (χ1n) is 6.26. The summed E-state index contributed by atoms with van der Waals surface area (Å²) in [7, 11) is 0. The number of aromatic nitrogens is 2. The number of rotatable bonds is 3. The van der Waals surface area contributed by atoms with Gasteiger partial charge >= 0.3 is 5.97 Å². The van der Waals surface area contributed by atoms with Crippen molar-refractivity contribution >= 4 is 11.6 Å². The summed E-state index contributed by atoms with van der Waals surface area (Å²) in [5.74, 6) is -0.399. The molecule has 0 aliphatic heterocycles. The third-order valence-electron chi connectivity index (χ3n) is 2.55. The molecule has 0 amide bonds. The van der Waals surface area contributed by atoms with Crippen LogP contribution in [-0.2, 0) is 16.0 Å². The first-order chi connectivity index (χ1) is 8.85. The summed E-state index contributed by atoms with van der Waals surface area (Å²) in [5.41, 5.74) is 6.96. The van der Waals surface area contributed by atoms with Crippen molar-refractivity contribution in [2.75, 3.05) is 0 Å². The Morgan fingerprint density at radius 3 is 2.84 bits per heavy atom. The highest BCUT2D eigenvalue weighted by atomic mass is 16.6. The molecule has 0 bridgehead atoms. The van der Waals surface area contributed by atoms with Crippen LogP contribution in [0.1, 0.15) is 26.5 Å². The summed E-state index contributed by atoms with van der Waals surface area (Å²) in [6.07, 6.45) is 4.15. The number of imidazole rings is 1. The molecule has 1 unspecified atom stereocenters. The summed E-state index contributed by atoms with van der Waals surface area (Å²) in [4.78, 5) is 16.2. The van der Waals surface area contributed by atoms with Crippen LogP contribution in [0.15, 0.2) is 30.6 Å². The van der Waals surface area contributed by atoms with Crippen molar-refractivity contribution in [2.24, 2.45) is 5.73 Å². The van der Waals surface area contributed by atoms with Gasteiger partial charge in [-0.25, -0.2) is 4.98 Å². The topological polar surface area (TPSA) is 69.6 Å². The fourth-order valence-electron chi connectivity index (χ4n) is 1.77. The smallest absolute Gasteiger partial charge is 0.323 e. The second kappa shape index (κ2) is 5.01. The Morgan fingerprint density at radius 1 is 1.47 bits per heavy atom. The lowest BCUT2D eigenvalue weighted by Gasteiger charge is -2.21. The number of fused-ring (bicyclic) bond motifs is 1. The second-order valence-electron chi connectivity index (χ2n) is 5.54. The predicted molar refractivity (Wildman–Crippen MR) is 72.7 cm³/mol. The maximum Gasteiger partial charge on any atom is 0.323 e. The largest absolute Gasteiger partial charge is 0.459 e. The maximum absolute atomic E-state index is 11.8. The number of ether oxygens (including phenoxy) is 1. The number of hydrogen-bond donors (Lipinski definition) is 1. The molecule has 102 valence electrons. The average molecular weight is 261 g/mol. The van der Waals surface area contributed by atoms with E-state index in [4.69, 9.17) is 10.5 Å². The van der Waals surface area contributed by atoms with Gasteiger partial charge in [-0.15, -0.1) is 0 Å². The normalized spacial score (nSPS) is 13.5. The van der Waals surface area contributed by atoms with E-state index in [1.165, 1.54) is 0 Å². The van der Waals surface area contributed by atoms with E-state index < -0.39 is 17.6 Å². The summed E-state index contributed by atoms with van der Waals surface area (Å²) in [6.45, 7) is 5.47. The highest BCUT2D eigenvalue weighted by molar-refractivity contribution is 5.76. The van der Waals surface area contributed by atoms with Gasteiger partial charge in [-0.3, -0.25) is 4.79 Å². The Morgan fingerprint density at radius 2 is 2.21 bits per heavy atom. The zero-order chi connectivity index (χ0) is 14.0. The van der Waals surface area contributed by atoms with Crippen molar-refractivity contribution in [3.63, 3.8) is 0 Å². The standard InChI is InChI=1S/C14H19N3O2/c1-14(2,3)19-13(18)11(15)8-10-9-17-7-5-4-6-12(17)16-10/h4-7,9,11H,8,15H2,1-3H3. The van der Waals surface area contributed by atoms with Gasteiger partial charge in [-0.1, -0.05) is 6.07 Å². The van der Waals surface area contributed by atoms with Crippen LogP contribution in [-0.4, -0.2) is 27.0 Å². The van der Waals surface area contributed by atoms with Gasteiger partial charge in [0.15, 0.2) is 0 Å². The fourth-order valence-corrected chi connectivity index (χ4v) is 1.77. The summed E-state index contributed by atoms with van der Waals surface area (Å²) in [6, 6.07) is 5.05. The van der Waals surface area contributed by atoms with E-state index in [9.17, 15) is 4.79 Å². The van der Waals surface area contributed by atoms with Gasteiger partial charge in [0.25, 0.3) is 0 Å². The van der Waals surface area contributed by atoms with Crippen molar-refractivity contribution in [3.8, 4) is 0 Å². The summed E-state index contributed by atoms with van der Waals surface area (Å²) >= 11 is 0. The van der Waals surface area contributed by atoms with E-state index in [0.717, 1.165) is 11.3 Å². The number of carbonyl (C=O) groups excluding carboxylic acids is 1. The van der Waals surface area contributed by atoms with E-state index in [0.29, 0.717) is 6.42 Å². The first kappa shape index (κ1) is 13.5. The first-order valence-corrected chi connectivity index (χ1v) is 6.26. The molecule has 0 aliphatic rings. The van der Waals surface area contributed by atoms with Crippen LogP contribution in [0.4, 0.5) is 0 Å². The van der Waals surface area contributed by atoms with Crippen LogP contribution < -0.4 is 5.73 Å². The van der Waals surface area contributed by atoms with Crippen LogP contribution in [0.25, 0.3) is 5.65 Å². The van der Waals surface area contributed by atoms with E-state index in [-0.39, 0.29) is 0 Å². The average Bonchev–Trinajstić information content (AvgIpc) is 2.68. The molecule has 2 aromatic heterocycles. The van der Waals surface area contributed by atoms with Crippen LogP contribution in [0, 0.1) is 0 Å². The monoisotopic (exact) mass is 261 g/mol. The van der Waals surface area contributed by atoms with Crippen LogP contribution in [0.3, 0.4) is 0 Å². The number of esters is 1. The number of carbonyl (C=O) groups is 1. The van der Waals surface area contributed by atoms with Crippen molar-refractivity contribution in [1.29, 1.82) is 0 Å². The molecule has 2 aromatic rings. The molecule has 2 rings (SSSR count). The number of hydrogen-bond acceptors (Lipinski definition) is 4. The zero-order valence-electron chi connectivity index (χ0n) is 11.5.